The number of fused-ring (bicyclic) bond motifs is 1. The molecule has 0 saturated carbocycles. The number of pyridine rings is 1. The molecule has 2 N–H and O–H groups in total. The van der Waals surface area contributed by atoms with Gasteiger partial charge in [0.05, 0.1) is 16.8 Å². The predicted octanol–water partition coefficient (Wildman–Crippen LogP) is 4.80. The number of benzene rings is 2. The van der Waals surface area contributed by atoms with Gasteiger partial charge < -0.3 is 10.6 Å². The Hall–Kier alpha value is -3.87. The van der Waals surface area contributed by atoms with E-state index in [1.54, 1.807) is 31.4 Å². The molecule has 4 aromatic rings. The van der Waals surface area contributed by atoms with Crippen LogP contribution in [0.25, 0.3) is 22.2 Å². The Morgan fingerprint density at radius 2 is 1.88 bits per heavy atom. The van der Waals surface area contributed by atoms with Crippen molar-refractivity contribution in [3.05, 3.63) is 84.1 Å². The van der Waals surface area contributed by atoms with Crippen LogP contribution < -0.4 is 10.6 Å². The van der Waals surface area contributed by atoms with E-state index >= 15 is 0 Å². The van der Waals surface area contributed by atoms with Crippen LogP contribution >= 0.6 is 0 Å². The molecule has 0 aliphatic rings. The van der Waals surface area contributed by atoms with Gasteiger partial charge in [-0.1, -0.05) is 25.1 Å². The van der Waals surface area contributed by atoms with E-state index in [0.717, 1.165) is 34.1 Å². The second-order valence-electron chi connectivity index (χ2n) is 7.59. The molecule has 0 fully saturated rings. The number of hydrogen-bond donors (Lipinski definition) is 2. The highest BCUT2D eigenvalue weighted by Crippen LogP contribution is 2.28. The fraction of sp³-hybridized carbons (Fsp3) is 0.200. The van der Waals surface area contributed by atoms with Gasteiger partial charge in [0.15, 0.2) is 0 Å². The Balaban J connectivity index is 1.46. The minimum Gasteiger partial charge on any atom is -0.370 e. The van der Waals surface area contributed by atoms with E-state index in [-0.39, 0.29) is 17.6 Å². The molecule has 0 spiro atoms. The lowest BCUT2D eigenvalue weighted by molar-refractivity contribution is 0.0964. The predicted molar refractivity (Wildman–Crippen MR) is 124 cm³/mol. The summed E-state index contributed by atoms with van der Waals surface area (Å²) in [5.41, 5.74) is 4.14. The zero-order chi connectivity index (χ0) is 22.5. The Morgan fingerprint density at radius 3 is 2.66 bits per heavy atom. The molecule has 0 bridgehead atoms. The van der Waals surface area contributed by atoms with E-state index in [0.29, 0.717) is 17.9 Å². The molecule has 1 atom stereocenters. The normalized spacial score (nSPS) is 11.8. The van der Waals surface area contributed by atoms with Gasteiger partial charge in [-0.3, -0.25) is 9.78 Å². The Morgan fingerprint density at radius 1 is 1.06 bits per heavy atom. The number of nitrogens with one attached hydrogen (secondary N) is 2. The molecule has 2 heterocycles. The summed E-state index contributed by atoms with van der Waals surface area (Å²) in [6.45, 7) is 2.85. The molecule has 0 aliphatic carbocycles. The summed E-state index contributed by atoms with van der Waals surface area (Å²) in [5.74, 6) is 0.534. The van der Waals surface area contributed by atoms with Crippen molar-refractivity contribution < 1.29 is 9.18 Å². The van der Waals surface area contributed by atoms with E-state index in [1.807, 2.05) is 18.2 Å². The van der Waals surface area contributed by atoms with Gasteiger partial charge in [-0.15, -0.1) is 0 Å². The third-order valence-corrected chi connectivity index (χ3v) is 5.50. The molecule has 0 aliphatic heterocycles. The number of carbonyl (C=O) groups excluding carboxylic acids is 1. The lowest BCUT2D eigenvalue weighted by atomic mass is 9.94. The number of carbonyl (C=O) groups is 1. The topological polar surface area (TPSA) is 79.8 Å². The van der Waals surface area contributed by atoms with Crippen LogP contribution in [-0.4, -0.2) is 34.5 Å². The Kier molecular flexibility index (Phi) is 6.35. The van der Waals surface area contributed by atoms with Crippen molar-refractivity contribution in [3.8, 4) is 11.3 Å². The molecule has 2 aromatic carbocycles. The summed E-state index contributed by atoms with van der Waals surface area (Å²) in [7, 11) is 1.63. The summed E-state index contributed by atoms with van der Waals surface area (Å²) in [4.78, 5) is 25.3. The number of rotatable bonds is 7. The van der Waals surface area contributed by atoms with Gasteiger partial charge in [0.1, 0.15) is 18.0 Å². The molecule has 4 rings (SSSR count). The van der Waals surface area contributed by atoms with Gasteiger partial charge >= 0.3 is 0 Å². The van der Waals surface area contributed by atoms with Crippen LogP contribution in [0.4, 0.5) is 10.2 Å². The first kappa shape index (κ1) is 21.4. The number of nitrogens with zero attached hydrogens (tertiary/aromatic N) is 3. The van der Waals surface area contributed by atoms with Crippen LogP contribution in [0.5, 0.6) is 0 Å². The smallest absolute Gasteiger partial charge is 0.251 e. The average Bonchev–Trinajstić information content (AvgIpc) is 2.83. The fourth-order valence-electron chi connectivity index (χ4n) is 3.73. The molecule has 1 amide bonds. The molecule has 1 unspecified atom stereocenters. The third kappa shape index (κ3) is 4.56. The molecule has 6 nitrogen and oxygen atoms in total. The zero-order valence-corrected chi connectivity index (χ0v) is 18.0. The first-order chi connectivity index (χ1) is 15.6. The number of aromatic nitrogens is 3. The van der Waals surface area contributed by atoms with E-state index in [9.17, 15) is 9.18 Å². The van der Waals surface area contributed by atoms with Crippen LogP contribution in [-0.2, 0) is 0 Å². The van der Waals surface area contributed by atoms with Crippen LogP contribution in [0, 0.1) is 5.82 Å². The maximum absolute atomic E-state index is 13.2. The van der Waals surface area contributed by atoms with Gasteiger partial charge in [-0.2, -0.15) is 0 Å². The second-order valence-corrected chi connectivity index (χ2v) is 7.59. The zero-order valence-electron chi connectivity index (χ0n) is 18.0. The summed E-state index contributed by atoms with van der Waals surface area (Å²) in [5, 5.41) is 6.88. The van der Waals surface area contributed by atoms with Crippen LogP contribution in [0.3, 0.4) is 0 Å². The highest BCUT2D eigenvalue weighted by molar-refractivity contribution is 6.06. The summed E-state index contributed by atoms with van der Waals surface area (Å²) in [6, 6.07) is 15.8. The molecular formula is C25H24FN5O. The number of anilines is 1. The van der Waals surface area contributed by atoms with E-state index in [1.165, 1.54) is 18.5 Å². The van der Waals surface area contributed by atoms with Crippen molar-refractivity contribution in [2.75, 3.05) is 18.9 Å². The molecule has 0 radical (unpaired) electrons. The Bertz CT molecular complexity index is 1240. The van der Waals surface area contributed by atoms with Crippen molar-refractivity contribution in [3.63, 3.8) is 0 Å². The van der Waals surface area contributed by atoms with Crippen molar-refractivity contribution in [2.24, 2.45) is 0 Å². The van der Waals surface area contributed by atoms with Gasteiger partial charge in [0, 0.05) is 36.8 Å². The lowest BCUT2D eigenvalue weighted by Gasteiger charge is -2.16. The van der Waals surface area contributed by atoms with Crippen molar-refractivity contribution in [1.82, 2.24) is 20.3 Å². The highest BCUT2D eigenvalue weighted by atomic mass is 19.1. The fourth-order valence-corrected chi connectivity index (χ4v) is 3.73. The molecule has 162 valence electrons. The molecule has 2 aromatic heterocycles. The van der Waals surface area contributed by atoms with E-state index < -0.39 is 0 Å². The van der Waals surface area contributed by atoms with Crippen molar-refractivity contribution >= 4 is 22.6 Å². The minimum atomic E-state index is -0.277. The SMILES string of the molecule is CNC(=O)c1ccnc2c(C(C)CCNc3cc(-c4ccc(F)cc4)ncn3)cccc12. The summed E-state index contributed by atoms with van der Waals surface area (Å²) < 4.78 is 13.2. The third-order valence-electron chi connectivity index (χ3n) is 5.50. The summed E-state index contributed by atoms with van der Waals surface area (Å²) in [6.07, 6.45) is 4.03. The number of hydrogen-bond acceptors (Lipinski definition) is 5. The van der Waals surface area contributed by atoms with Crippen molar-refractivity contribution in [2.45, 2.75) is 19.3 Å². The quantitative estimate of drug-likeness (QED) is 0.441. The number of halogens is 1. The average molecular weight is 429 g/mol. The molecular weight excluding hydrogens is 405 g/mol. The molecule has 7 heteroatoms. The van der Waals surface area contributed by atoms with Gasteiger partial charge in [0.25, 0.3) is 5.91 Å². The molecule has 0 saturated heterocycles. The first-order valence-corrected chi connectivity index (χ1v) is 10.5. The second kappa shape index (κ2) is 9.51. The minimum absolute atomic E-state index is 0.121. The van der Waals surface area contributed by atoms with Crippen LogP contribution in [0.15, 0.2) is 67.1 Å². The maximum atomic E-state index is 13.2. The van der Waals surface area contributed by atoms with Crippen LogP contribution in [0.1, 0.15) is 35.2 Å². The van der Waals surface area contributed by atoms with Crippen LogP contribution in [0.2, 0.25) is 0 Å². The standard InChI is InChI=1S/C25H24FN5O/c1-16(19-4-3-5-20-21(25(32)27-2)11-13-29-24(19)20)10-12-28-23-14-22(30-15-31-23)17-6-8-18(26)9-7-17/h3-9,11,13-16H,10,12H2,1-2H3,(H,27,32)(H,28,30,31). The summed E-state index contributed by atoms with van der Waals surface area (Å²) >= 11 is 0. The largest absolute Gasteiger partial charge is 0.370 e. The highest BCUT2D eigenvalue weighted by Gasteiger charge is 2.15. The van der Waals surface area contributed by atoms with E-state index in [4.69, 9.17) is 0 Å². The lowest BCUT2D eigenvalue weighted by Crippen LogP contribution is -2.18. The van der Waals surface area contributed by atoms with Gasteiger partial charge in [0.2, 0.25) is 0 Å². The molecule has 32 heavy (non-hydrogen) atoms. The monoisotopic (exact) mass is 429 g/mol. The van der Waals surface area contributed by atoms with Gasteiger partial charge in [-0.25, -0.2) is 14.4 Å². The number of amides is 1. The Labute approximate surface area is 186 Å². The van der Waals surface area contributed by atoms with Crippen molar-refractivity contribution in [1.29, 1.82) is 0 Å². The van der Waals surface area contributed by atoms with Gasteiger partial charge in [-0.05, 0) is 48.2 Å². The first-order valence-electron chi connectivity index (χ1n) is 10.5. The number of para-hydroxylation sites is 1. The van der Waals surface area contributed by atoms with E-state index in [2.05, 4.69) is 38.6 Å². The maximum Gasteiger partial charge on any atom is 0.251 e.